The number of H-pyrrole nitrogens is 1. The third kappa shape index (κ3) is 3.04. The van der Waals surface area contributed by atoms with Crippen molar-refractivity contribution in [1.82, 2.24) is 9.97 Å². The summed E-state index contributed by atoms with van der Waals surface area (Å²) in [6, 6.07) is 1.45. The smallest absolute Gasteiger partial charge is 0.251 e. The number of nitrogens with two attached hydrogens (primary N) is 1. The van der Waals surface area contributed by atoms with E-state index in [9.17, 15) is 4.79 Å². The Morgan fingerprint density at radius 2 is 2.21 bits per heavy atom. The molecule has 0 saturated heterocycles. The Balaban J connectivity index is 2.38. The molecule has 106 valence electrons. The van der Waals surface area contributed by atoms with Crippen molar-refractivity contribution in [1.29, 1.82) is 0 Å². The van der Waals surface area contributed by atoms with Gasteiger partial charge in [-0.2, -0.15) is 0 Å². The molecule has 1 aliphatic carbocycles. The van der Waals surface area contributed by atoms with Crippen LogP contribution in [0.3, 0.4) is 0 Å². The second kappa shape index (κ2) is 5.84. The molecule has 0 atom stereocenters. The fraction of sp³-hybridized carbons (Fsp3) is 0.714. The van der Waals surface area contributed by atoms with E-state index in [1.807, 2.05) is 6.92 Å². The van der Waals surface area contributed by atoms with Crippen LogP contribution in [0, 0.1) is 5.92 Å². The summed E-state index contributed by atoms with van der Waals surface area (Å²) in [4.78, 5) is 19.0. The molecule has 0 aromatic carbocycles. The molecule has 1 saturated carbocycles. The molecule has 3 N–H and O–H groups in total. The molecule has 1 aliphatic rings. The molecule has 0 unspecified atom stereocenters. The fourth-order valence-corrected chi connectivity index (χ4v) is 2.78. The average molecular weight is 265 g/mol. The Labute approximate surface area is 113 Å². The number of aromatic nitrogens is 2. The lowest BCUT2D eigenvalue weighted by atomic mass is 9.79. The first-order chi connectivity index (χ1) is 9.09. The van der Waals surface area contributed by atoms with Crippen molar-refractivity contribution in [2.24, 2.45) is 11.7 Å². The van der Waals surface area contributed by atoms with E-state index in [2.05, 4.69) is 16.9 Å². The van der Waals surface area contributed by atoms with Crippen LogP contribution in [0.2, 0.25) is 0 Å². The Bertz CT molecular complexity index is 476. The second-order valence-corrected chi connectivity index (χ2v) is 5.40. The molecule has 1 heterocycles. The molecule has 1 aromatic heterocycles. The zero-order valence-corrected chi connectivity index (χ0v) is 11.7. The normalized spacial score (nSPS) is 27.4. The second-order valence-electron chi connectivity index (χ2n) is 5.40. The highest BCUT2D eigenvalue weighted by Crippen LogP contribution is 2.40. The topological polar surface area (TPSA) is 81.0 Å². The average Bonchev–Trinajstić information content (AvgIpc) is 2.41. The van der Waals surface area contributed by atoms with E-state index in [0.717, 1.165) is 25.7 Å². The highest BCUT2D eigenvalue weighted by atomic mass is 16.5. The van der Waals surface area contributed by atoms with Gasteiger partial charge in [0.25, 0.3) is 5.56 Å². The van der Waals surface area contributed by atoms with E-state index in [1.165, 1.54) is 6.07 Å². The number of nitrogens with one attached hydrogen (secondary N) is 1. The SMILES string of the molecule is CCOC1(c2nc(CN)cc(=O)[nH]2)CCC(C)CC1. The highest BCUT2D eigenvalue weighted by molar-refractivity contribution is 5.10. The van der Waals surface area contributed by atoms with Gasteiger partial charge in [0.2, 0.25) is 0 Å². The zero-order chi connectivity index (χ0) is 13.9. The number of hydrogen-bond acceptors (Lipinski definition) is 4. The van der Waals surface area contributed by atoms with E-state index >= 15 is 0 Å². The first kappa shape index (κ1) is 14.2. The monoisotopic (exact) mass is 265 g/mol. The van der Waals surface area contributed by atoms with Gasteiger partial charge in [0.05, 0.1) is 5.69 Å². The Hall–Kier alpha value is -1.20. The molecule has 0 aliphatic heterocycles. The van der Waals surface area contributed by atoms with Gasteiger partial charge in [0.1, 0.15) is 11.4 Å². The van der Waals surface area contributed by atoms with Crippen LogP contribution in [-0.2, 0) is 16.9 Å². The molecule has 0 radical (unpaired) electrons. The van der Waals surface area contributed by atoms with Crippen LogP contribution in [0.1, 0.15) is 51.0 Å². The molecule has 5 heteroatoms. The van der Waals surface area contributed by atoms with Crippen molar-refractivity contribution in [3.05, 3.63) is 27.9 Å². The summed E-state index contributed by atoms with van der Waals surface area (Å²) >= 11 is 0. The van der Waals surface area contributed by atoms with E-state index < -0.39 is 5.60 Å². The standard InChI is InChI=1S/C14H23N3O2/c1-3-19-14(6-4-10(2)5-7-14)13-16-11(9-15)8-12(18)17-13/h8,10H,3-7,9,15H2,1-2H3,(H,16,17,18). The summed E-state index contributed by atoms with van der Waals surface area (Å²) in [5, 5.41) is 0. The molecule has 0 amide bonds. The van der Waals surface area contributed by atoms with Gasteiger partial charge in [0.15, 0.2) is 0 Å². The van der Waals surface area contributed by atoms with Crippen LogP contribution in [0.5, 0.6) is 0 Å². The van der Waals surface area contributed by atoms with Crippen molar-refractivity contribution < 1.29 is 4.74 Å². The minimum Gasteiger partial charge on any atom is -0.367 e. The van der Waals surface area contributed by atoms with Crippen LogP contribution in [0.4, 0.5) is 0 Å². The molecular weight excluding hydrogens is 242 g/mol. The van der Waals surface area contributed by atoms with E-state index in [-0.39, 0.29) is 12.1 Å². The van der Waals surface area contributed by atoms with Gasteiger partial charge in [-0.1, -0.05) is 6.92 Å². The summed E-state index contributed by atoms with van der Waals surface area (Å²) < 4.78 is 5.99. The molecule has 0 bridgehead atoms. The lowest BCUT2D eigenvalue weighted by Gasteiger charge is -2.38. The Kier molecular flexibility index (Phi) is 4.37. The molecular formula is C14H23N3O2. The summed E-state index contributed by atoms with van der Waals surface area (Å²) in [7, 11) is 0. The first-order valence-corrected chi connectivity index (χ1v) is 7.04. The van der Waals surface area contributed by atoms with Crippen LogP contribution in [0.25, 0.3) is 0 Å². The maximum absolute atomic E-state index is 11.7. The fourth-order valence-electron chi connectivity index (χ4n) is 2.78. The first-order valence-electron chi connectivity index (χ1n) is 7.04. The number of ether oxygens (including phenoxy) is 1. The van der Waals surface area contributed by atoms with Gasteiger partial charge in [-0.15, -0.1) is 0 Å². The lowest BCUT2D eigenvalue weighted by molar-refractivity contribution is -0.0839. The van der Waals surface area contributed by atoms with E-state index in [0.29, 0.717) is 24.0 Å². The van der Waals surface area contributed by atoms with Gasteiger partial charge in [-0.3, -0.25) is 4.79 Å². The maximum atomic E-state index is 11.7. The number of aromatic amines is 1. The van der Waals surface area contributed by atoms with Crippen LogP contribution >= 0.6 is 0 Å². The van der Waals surface area contributed by atoms with Gasteiger partial charge < -0.3 is 15.5 Å². The number of hydrogen-bond donors (Lipinski definition) is 2. The van der Waals surface area contributed by atoms with Gasteiger partial charge >= 0.3 is 0 Å². The van der Waals surface area contributed by atoms with Gasteiger partial charge in [-0.25, -0.2) is 4.98 Å². The molecule has 1 aromatic rings. The van der Waals surface area contributed by atoms with Crippen molar-refractivity contribution in [2.45, 2.75) is 51.7 Å². The lowest BCUT2D eigenvalue weighted by Crippen LogP contribution is -2.38. The van der Waals surface area contributed by atoms with Crippen molar-refractivity contribution in [3.63, 3.8) is 0 Å². The Morgan fingerprint density at radius 1 is 1.53 bits per heavy atom. The number of rotatable bonds is 4. The van der Waals surface area contributed by atoms with E-state index in [4.69, 9.17) is 10.5 Å². The largest absolute Gasteiger partial charge is 0.367 e. The van der Waals surface area contributed by atoms with Crippen molar-refractivity contribution in [3.8, 4) is 0 Å². The van der Waals surface area contributed by atoms with Crippen LogP contribution in [0.15, 0.2) is 10.9 Å². The summed E-state index contributed by atoms with van der Waals surface area (Å²) in [5.74, 6) is 1.35. The third-order valence-corrected chi connectivity index (χ3v) is 3.94. The van der Waals surface area contributed by atoms with Crippen molar-refractivity contribution in [2.75, 3.05) is 6.61 Å². The molecule has 0 spiro atoms. The molecule has 5 nitrogen and oxygen atoms in total. The minimum atomic E-state index is -0.439. The van der Waals surface area contributed by atoms with Gasteiger partial charge in [-0.05, 0) is 38.5 Å². The summed E-state index contributed by atoms with van der Waals surface area (Å²) in [6.07, 6.45) is 3.99. The summed E-state index contributed by atoms with van der Waals surface area (Å²) in [5.41, 5.74) is 5.63. The highest BCUT2D eigenvalue weighted by Gasteiger charge is 2.39. The Morgan fingerprint density at radius 3 is 2.79 bits per heavy atom. The predicted molar refractivity (Wildman–Crippen MR) is 73.7 cm³/mol. The summed E-state index contributed by atoms with van der Waals surface area (Å²) in [6.45, 7) is 5.12. The van der Waals surface area contributed by atoms with Crippen molar-refractivity contribution >= 4 is 0 Å². The molecule has 19 heavy (non-hydrogen) atoms. The molecule has 2 rings (SSSR count). The van der Waals surface area contributed by atoms with E-state index in [1.54, 1.807) is 0 Å². The zero-order valence-electron chi connectivity index (χ0n) is 11.7. The minimum absolute atomic E-state index is 0.150. The maximum Gasteiger partial charge on any atom is 0.251 e. The molecule has 1 fully saturated rings. The number of nitrogens with zero attached hydrogens (tertiary/aromatic N) is 1. The van der Waals surface area contributed by atoms with Crippen LogP contribution < -0.4 is 11.3 Å². The third-order valence-electron chi connectivity index (χ3n) is 3.94. The van der Waals surface area contributed by atoms with Crippen LogP contribution in [-0.4, -0.2) is 16.6 Å². The quantitative estimate of drug-likeness (QED) is 0.867. The van der Waals surface area contributed by atoms with Gasteiger partial charge in [0, 0.05) is 19.2 Å². The predicted octanol–water partition coefficient (Wildman–Crippen LogP) is 1.67.